The van der Waals surface area contributed by atoms with Crippen LogP contribution in [0.3, 0.4) is 0 Å². The zero-order chi connectivity index (χ0) is 11.5. The summed E-state index contributed by atoms with van der Waals surface area (Å²) in [6.07, 6.45) is 3.27. The minimum absolute atomic E-state index is 0.199. The molecule has 0 amide bonds. The number of allylic oxidation sites excluding steroid dienone is 1. The van der Waals surface area contributed by atoms with E-state index in [0.29, 0.717) is 6.42 Å². The third kappa shape index (κ3) is 2.07. The van der Waals surface area contributed by atoms with Crippen molar-refractivity contribution in [1.29, 1.82) is 0 Å². The Kier molecular flexibility index (Phi) is 3.20. The summed E-state index contributed by atoms with van der Waals surface area (Å²) in [7, 11) is 1.65. The average Bonchev–Trinajstić information content (AvgIpc) is 2.69. The number of rotatable bonds is 3. The first-order valence-corrected chi connectivity index (χ1v) is 5.55. The molecule has 16 heavy (non-hydrogen) atoms. The predicted molar refractivity (Wildman–Crippen MR) is 63.3 cm³/mol. The second-order valence-electron chi connectivity index (χ2n) is 4.15. The summed E-state index contributed by atoms with van der Waals surface area (Å²) < 4.78 is 5.44. The van der Waals surface area contributed by atoms with Crippen molar-refractivity contribution in [3.8, 4) is 0 Å². The van der Waals surface area contributed by atoms with E-state index in [-0.39, 0.29) is 11.9 Å². The lowest BCUT2D eigenvalue weighted by Gasteiger charge is -2.16. The van der Waals surface area contributed by atoms with Crippen molar-refractivity contribution in [3.63, 3.8) is 0 Å². The van der Waals surface area contributed by atoms with Gasteiger partial charge in [0, 0.05) is 19.1 Å². The van der Waals surface area contributed by atoms with E-state index in [4.69, 9.17) is 4.74 Å². The number of hydrogen-bond donors (Lipinski definition) is 0. The molecular weight excluding hydrogens is 200 g/mol. The van der Waals surface area contributed by atoms with Crippen molar-refractivity contribution < 1.29 is 9.53 Å². The van der Waals surface area contributed by atoms with Crippen LogP contribution >= 0.6 is 0 Å². The standard InChI is InChI=1S/C14H16O2/c1-10-6-8-11(9-7-10)14(16-2)12-4-3-5-13(12)15/h4,6-9,14H,3,5H2,1-2H3. The average molecular weight is 216 g/mol. The number of aryl methyl sites for hydroxylation is 1. The molecule has 0 saturated heterocycles. The second-order valence-corrected chi connectivity index (χ2v) is 4.15. The number of benzene rings is 1. The van der Waals surface area contributed by atoms with Gasteiger partial charge in [0.2, 0.25) is 0 Å². The molecule has 0 saturated carbocycles. The molecule has 0 N–H and O–H groups in total. The summed E-state index contributed by atoms with van der Waals surface area (Å²) >= 11 is 0. The van der Waals surface area contributed by atoms with Crippen LogP contribution < -0.4 is 0 Å². The van der Waals surface area contributed by atoms with Crippen LogP contribution in [-0.4, -0.2) is 12.9 Å². The molecule has 1 aliphatic carbocycles. The van der Waals surface area contributed by atoms with E-state index in [9.17, 15) is 4.79 Å². The molecule has 1 aromatic rings. The van der Waals surface area contributed by atoms with Gasteiger partial charge in [0.25, 0.3) is 0 Å². The highest BCUT2D eigenvalue weighted by Gasteiger charge is 2.25. The number of Topliss-reactive ketones (excluding diaryl/α,β-unsaturated/α-hetero) is 1. The van der Waals surface area contributed by atoms with E-state index in [0.717, 1.165) is 17.6 Å². The van der Waals surface area contributed by atoms with Crippen LogP contribution in [0.1, 0.15) is 30.1 Å². The molecule has 0 radical (unpaired) electrons. The van der Waals surface area contributed by atoms with Crippen molar-refractivity contribution in [3.05, 3.63) is 47.0 Å². The molecule has 84 valence electrons. The Balaban J connectivity index is 2.29. The topological polar surface area (TPSA) is 26.3 Å². The van der Waals surface area contributed by atoms with Gasteiger partial charge in [0.05, 0.1) is 0 Å². The molecule has 0 spiro atoms. The Morgan fingerprint density at radius 2 is 1.94 bits per heavy atom. The molecule has 0 aliphatic heterocycles. The maximum Gasteiger partial charge on any atom is 0.161 e. The van der Waals surface area contributed by atoms with Crippen LogP contribution in [0.4, 0.5) is 0 Å². The quantitative estimate of drug-likeness (QED) is 0.776. The molecule has 2 nitrogen and oxygen atoms in total. The normalized spacial score (nSPS) is 17.4. The molecule has 1 aromatic carbocycles. The fraction of sp³-hybridized carbons (Fsp3) is 0.357. The van der Waals surface area contributed by atoms with Crippen LogP contribution in [0.25, 0.3) is 0 Å². The molecule has 1 unspecified atom stereocenters. The van der Waals surface area contributed by atoms with Crippen molar-refractivity contribution in [2.45, 2.75) is 25.9 Å². The van der Waals surface area contributed by atoms with Gasteiger partial charge in [-0.25, -0.2) is 0 Å². The van der Waals surface area contributed by atoms with E-state index >= 15 is 0 Å². The van der Waals surface area contributed by atoms with Crippen molar-refractivity contribution >= 4 is 5.78 Å². The summed E-state index contributed by atoms with van der Waals surface area (Å²) in [4.78, 5) is 11.7. The Morgan fingerprint density at radius 3 is 2.44 bits per heavy atom. The Morgan fingerprint density at radius 1 is 1.25 bits per heavy atom. The van der Waals surface area contributed by atoms with Gasteiger partial charge in [-0.2, -0.15) is 0 Å². The van der Waals surface area contributed by atoms with E-state index in [1.165, 1.54) is 5.56 Å². The molecular formula is C14H16O2. The molecule has 0 heterocycles. The highest BCUT2D eigenvalue weighted by molar-refractivity contribution is 5.98. The predicted octanol–water partition coefficient (Wildman–Crippen LogP) is 2.97. The number of ketones is 1. The zero-order valence-electron chi connectivity index (χ0n) is 9.69. The number of methoxy groups -OCH3 is 1. The maximum atomic E-state index is 11.7. The molecule has 1 atom stereocenters. The lowest BCUT2D eigenvalue weighted by molar-refractivity contribution is -0.116. The van der Waals surface area contributed by atoms with Crippen LogP contribution in [0.15, 0.2) is 35.9 Å². The van der Waals surface area contributed by atoms with Crippen LogP contribution in [0, 0.1) is 6.92 Å². The van der Waals surface area contributed by atoms with E-state index in [1.54, 1.807) is 7.11 Å². The van der Waals surface area contributed by atoms with Gasteiger partial charge in [-0.3, -0.25) is 4.79 Å². The first-order valence-electron chi connectivity index (χ1n) is 5.55. The first-order chi connectivity index (χ1) is 7.72. The molecule has 2 heteroatoms. The van der Waals surface area contributed by atoms with E-state index < -0.39 is 0 Å². The van der Waals surface area contributed by atoms with Gasteiger partial charge < -0.3 is 4.74 Å². The highest BCUT2D eigenvalue weighted by Crippen LogP contribution is 2.30. The Labute approximate surface area is 95.9 Å². The smallest absolute Gasteiger partial charge is 0.161 e. The maximum absolute atomic E-state index is 11.7. The highest BCUT2D eigenvalue weighted by atomic mass is 16.5. The van der Waals surface area contributed by atoms with Crippen LogP contribution in [0.2, 0.25) is 0 Å². The fourth-order valence-electron chi connectivity index (χ4n) is 2.05. The van der Waals surface area contributed by atoms with Crippen molar-refractivity contribution in [2.24, 2.45) is 0 Å². The van der Waals surface area contributed by atoms with Gasteiger partial charge in [0.1, 0.15) is 6.10 Å². The number of carbonyl (C=O) groups is 1. The monoisotopic (exact) mass is 216 g/mol. The number of hydrogen-bond acceptors (Lipinski definition) is 2. The van der Waals surface area contributed by atoms with Gasteiger partial charge in [0.15, 0.2) is 5.78 Å². The van der Waals surface area contributed by atoms with E-state index in [2.05, 4.69) is 0 Å². The lowest BCUT2D eigenvalue weighted by atomic mass is 9.99. The number of carbonyl (C=O) groups excluding carboxylic acids is 1. The third-order valence-corrected chi connectivity index (χ3v) is 2.96. The summed E-state index contributed by atoms with van der Waals surface area (Å²) in [6, 6.07) is 8.13. The molecule has 0 bridgehead atoms. The first kappa shape index (κ1) is 11.1. The van der Waals surface area contributed by atoms with Crippen molar-refractivity contribution in [1.82, 2.24) is 0 Å². The summed E-state index contributed by atoms with van der Waals surface area (Å²) in [5, 5.41) is 0. The second kappa shape index (κ2) is 4.62. The van der Waals surface area contributed by atoms with Gasteiger partial charge >= 0.3 is 0 Å². The van der Waals surface area contributed by atoms with Gasteiger partial charge in [-0.05, 0) is 18.9 Å². The fourth-order valence-corrected chi connectivity index (χ4v) is 2.05. The third-order valence-electron chi connectivity index (χ3n) is 2.96. The number of ether oxygens (including phenoxy) is 1. The molecule has 0 fully saturated rings. The lowest BCUT2D eigenvalue weighted by Crippen LogP contribution is -2.10. The molecule has 2 rings (SSSR count). The summed E-state index contributed by atoms with van der Waals surface area (Å²) in [5.74, 6) is 0.215. The Hall–Kier alpha value is -1.41. The SMILES string of the molecule is COC(C1=CCCC1=O)c1ccc(C)cc1. The van der Waals surface area contributed by atoms with E-state index in [1.807, 2.05) is 37.3 Å². The van der Waals surface area contributed by atoms with Gasteiger partial charge in [-0.15, -0.1) is 0 Å². The summed E-state index contributed by atoms with van der Waals surface area (Å²) in [5.41, 5.74) is 3.08. The largest absolute Gasteiger partial charge is 0.372 e. The molecule has 1 aliphatic rings. The van der Waals surface area contributed by atoms with Crippen LogP contribution in [-0.2, 0) is 9.53 Å². The van der Waals surface area contributed by atoms with Crippen LogP contribution in [0.5, 0.6) is 0 Å². The molecule has 0 aromatic heterocycles. The summed E-state index contributed by atoms with van der Waals surface area (Å²) in [6.45, 7) is 2.05. The Bertz CT molecular complexity index is 415. The van der Waals surface area contributed by atoms with Crippen molar-refractivity contribution in [2.75, 3.05) is 7.11 Å². The minimum Gasteiger partial charge on any atom is -0.372 e. The zero-order valence-corrected chi connectivity index (χ0v) is 9.69. The van der Waals surface area contributed by atoms with Gasteiger partial charge in [-0.1, -0.05) is 35.9 Å². The minimum atomic E-state index is -0.199.